The third-order valence-electron chi connectivity index (χ3n) is 4.00. The Hall–Kier alpha value is -1.80. The number of nitrogen functional groups attached to an aromatic ring is 1. The van der Waals surface area contributed by atoms with E-state index in [0.717, 1.165) is 10.9 Å². The van der Waals surface area contributed by atoms with Crippen molar-refractivity contribution in [3.05, 3.63) is 12.5 Å². The van der Waals surface area contributed by atoms with Crippen LogP contribution in [-0.4, -0.2) is 68.5 Å². The van der Waals surface area contributed by atoms with Crippen molar-refractivity contribution in [3.8, 4) is 12.3 Å². The van der Waals surface area contributed by atoms with E-state index in [9.17, 15) is 28.6 Å². The van der Waals surface area contributed by atoms with Gasteiger partial charge in [0.15, 0.2) is 17.4 Å². The lowest BCUT2D eigenvalue weighted by Crippen LogP contribution is -2.53. The smallest absolute Gasteiger partial charge is 0.387 e. The van der Waals surface area contributed by atoms with Gasteiger partial charge in [-0.05, 0) is 0 Å². The first-order valence-electron chi connectivity index (χ1n) is 9.20. The van der Waals surface area contributed by atoms with E-state index < -0.39 is 54.0 Å². The number of hydrogen-bond donors (Lipinski definition) is 7. The molecule has 1 fully saturated rings. The number of terminal acetylenes is 1. The molecule has 33 heavy (non-hydrogen) atoms. The van der Waals surface area contributed by atoms with E-state index in [0.29, 0.717) is 0 Å². The van der Waals surface area contributed by atoms with Gasteiger partial charge in [-0.2, -0.15) is 13.6 Å². The van der Waals surface area contributed by atoms with E-state index in [1.165, 1.54) is 6.20 Å². The van der Waals surface area contributed by atoms with Gasteiger partial charge in [0, 0.05) is 0 Å². The molecule has 0 amide bonds. The summed E-state index contributed by atoms with van der Waals surface area (Å²) >= 11 is 0. The molecule has 0 aliphatic carbocycles. The van der Waals surface area contributed by atoms with Crippen molar-refractivity contribution in [1.29, 1.82) is 0 Å². The molecule has 1 saturated heterocycles. The number of fused-ring (bicyclic) bond motifs is 1. The number of aliphatic hydroxyl groups excluding tert-OH is 1. The lowest BCUT2D eigenvalue weighted by Gasteiger charge is -2.27. The Morgan fingerprint density at radius 1 is 1.27 bits per heavy atom. The van der Waals surface area contributed by atoms with Gasteiger partial charge in [-0.25, -0.2) is 23.7 Å². The fourth-order valence-electron chi connectivity index (χ4n) is 2.69. The van der Waals surface area contributed by atoms with Gasteiger partial charge in [-0.15, -0.1) is 6.42 Å². The number of phosphoric ester groups is 1. The van der Waals surface area contributed by atoms with E-state index in [1.54, 1.807) is 0 Å². The van der Waals surface area contributed by atoms with Crippen LogP contribution in [0.5, 0.6) is 0 Å². The Morgan fingerprint density at radius 3 is 2.55 bits per heavy atom. The molecule has 0 spiro atoms. The molecule has 0 radical (unpaired) electrons. The second-order valence-electron chi connectivity index (χ2n) is 6.32. The van der Waals surface area contributed by atoms with E-state index >= 15 is 0 Å². The van der Waals surface area contributed by atoms with Crippen LogP contribution >= 0.6 is 23.5 Å². The van der Waals surface area contributed by atoms with E-state index in [4.69, 9.17) is 35.2 Å². The molecule has 1 aliphatic rings. The molecule has 0 saturated carbocycles. The van der Waals surface area contributed by atoms with Crippen molar-refractivity contribution >= 4 is 40.6 Å². The zero-order valence-electron chi connectivity index (χ0n) is 17.8. The SMILES string of the molecule is [2H]C([2H])(OP(=O)(O)OP(=O)(O)OP(=O)(O)O)[C@H]1O[C@@H](n2cnc3cnc(N)nc32)C(N)(C#C)[C@H]1O. The molecule has 2 aromatic heterocycles. The Bertz CT molecular complexity index is 1330. The normalized spacial score (nSPS) is 30.8. The summed E-state index contributed by atoms with van der Waals surface area (Å²) in [5.74, 6) is 1.85. The highest BCUT2D eigenvalue weighted by Crippen LogP contribution is 2.66. The number of aliphatic hydroxyl groups is 1. The minimum absolute atomic E-state index is 0.00822. The van der Waals surface area contributed by atoms with Crippen LogP contribution in [0.2, 0.25) is 0 Å². The van der Waals surface area contributed by atoms with Crippen LogP contribution in [0.1, 0.15) is 8.97 Å². The summed E-state index contributed by atoms with van der Waals surface area (Å²) in [5.41, 5.74) is 9.58. The number of nitrogens with two attached hydrogens (primary N) is 2. The number of nitrogens with zero attached hydrogens (tertiary/aromatic N) is 4. The molecule has 18 nitrogen and oxygen atoms in total. The van der Waals surface area contributed by atoms with Gasteiger partial charge in [0.05, 0.1) is 21.8 Å². The molecule has 21 heteroatoms. The maximum absolute atomic E-state index is 12.1. The number of rotatable bonds is 8. The molecular weight excluding hydrogens is 513 g/mol. The molecular formula is C12H17N6O12P3. The Morgan fingerprint density at radius 2 is 1.94 bits per heavy atom. The Labute approximate surface area is 186 Å². The van der Waals surface area contributed by atoms with Crippen molar-refractivity contribution in [2.75, 3.05) is 12.3 Å². The zero-order valence-corrected chi connectivity index (χ0v) is 18.5. The average molecular weight is 532 g/mol. The summed E-state index contributed by atoms with van der Waals surface area (Å²) in [4.78, 5) is 47.7. The summed E-state index contributed by atoms with van der Waals surface area (Å²) in [6.45, 7) is -3.54. The van der Waals surface area contributed by atoms with Gasteiger partial charge in [0.2, 0.25) is 5.95 Å². The summed E-state index contributed by atoms with van der Waals surface area (Å²) in [5, 5.41) is 10.7. The lowest BCUT2D eigenvalue weighted by atomic mass is 9.92. The fraction of sp³-hybridized carbons (Fsp3) is 0.417. The largest absolute Gasteiger partial charge is 0.490 e. The number of aromatic nitrogens is 4. The summed E-state index contributed by atoms with van der Waals surface area (Å²) in [6.07, 6.45) is 1.76. The first-order valence-corrected chi connectivity index (χ1v) is 12.7. The summed E-state index contributed by atoms with van der Waals surface area (Å²) in [6, 6.07) is 0. The highest BCUT2D eigenvalue weighted by molar-refractivity contribution is 7.66. The van der Waals surface area contributed by atoms with Crippen LogP contribution in [0.25, 0.3) is 11.2 Å². The van der Waals surface area contributed by atoms with Crippen LogP contribution in [-0.2, 0) is 31.6 Å². The van der Waals surface area contributed by atoms with Gasteiger partial charge in [-0.3, -0.25) is 9.09 Å². The van der Waals surface area contributed by atoms with E-state index in [-0.39, 0.29) is 17.1 Å². The van der Waals surface area contributed by atoms with Gasteiger partial charge in [0.25, 0.3) is 0 Å². The lowest BCUT2D eigenvalue weighted by molar-refractivity contribution is -0.0438. The quantitative estimate of drug-likeness (QED) is 0.148. The number of imidazole rings is 1. The predicted octanol–water partition coefficient (Wildman–Crippen LogP) is -1.66. The average Bonchev–Trinajstić information content (AvgIpc) is 3.17. The molecule has 1 aliphatic heterocycles. The van der Waals surface area contributed by atoms with Gasteiger partial charge < -0.3 is 40.9 Å². The highest BCUT2D eigenvalue weighted by atomic mass is 31.3. The van der Waals surface area contributed by atoms with Crippen LogP contribution in [0, 0.1) is 12.3 Å². The maximum atomic E-state index is 12.1. The topological polar surface area (TPSA) is 285 Å². The minimum atomic E-state index is -5.97. The monoisotopic (exact) mass is 532 g/mol. The van der Waals surface area contributed by atoms with Gasteiger partial charge >= 0.3 is 23.5 Å². The molecule has 0 bridgehead atoms. The Kier molecular flexibility index (Phi) is 6.10. The number of phosphoric acid groups is 3. The van der Waals surface area contributed by atoms with Crippen molar-refractivity contribution in [1.82, 2.24) is 19.5 Å². The molecule has 3 heterocycles. The molecule has 6 atom stereocenters. The number of anilines is 1. The van der Waals surface area contributed by atoms with Crippen LogP contribution in [0.4, 0.5) is 5.95 Å². The second kappa shape index (κ2) is 8.77. The van der Waals surface area contributed by atoms with Crippen LogP contribution < -0.4 is 11.5 Å². The molecule has 3 unspecified atom stereocenters. The van der Waals surface area contributed by atoms with E-state index in [2.05, 4.69) is 28.1 Å². The summed E-state index contributed by atoms with van der Waals surface area (Å²) < 4.78 is 68.0. The third kappa shape index (κ3) is 5.65. The summed E-state index contributed by atoms with van der Waals surface area (Å²) in [7, 11) is -17.6. The van der Waals surface area contributed by atoms with Crippen LogP contribution in [0.15, 0.2) is 12.5 Å². The van der Waals surface area contributed by atoms with Gasteiger partial charge in [-0.1, -0.05) is 5.92 Å². The minimum Gasteiger partial charge on any atom is -0.387 e. The zero-order chi connectivity index (χ0) is 26.6. The standard InChI is InChI=1S/C12H17N6O12P3/c1-2-12(14)8(19)7(4-27-32(23,24)30-33(25,26)29-31(20,21)22)28-10(12)18-5-16-6-3-15-11(13)17-9(6)18/h1,3,5,7-8,10,19H,4,14H2,(H,23,24)(H,25,26)(H2,13,15,17)(H2,20,21,22)/t7-,8+,10-,12?/m1/s1/i4D2. The molecule has 3 rings (SSSR count). The molecule has 0 aromatic carbocycles. The predicted molar refractivity (Wildman–Crippen MR) is 105 cm³/mol. The van der Waals surface area contributed by atoms with E-state index in [1.807, 2.05) is 5.92 Å². The number of ether oxygens (including phenoxy) is 1. The van der Waals surface area contributed by atoms with Crippen molar-refractivity contribution < 1.29 is 59.0 Å². The van der Waals surface area contributed by atoms with Crippen molar-refractivity contribution in [2.45, 2.75) is 24.0 Å². The second-order valence-corrected chi connectivity index (χ2v) is 10.7. The third-order valence-corrected chi connectivity index (χ3v) is 7.66. The molecule has 9 N–H and O–H groups in total. The van der Waals surface area contributed by atoms with Crippen molar-refractivity contribution in [2.24, 2.45) is 5.73 Å². The maximum Gasteiger partial charge on any atom is 0.490 e. The number of hydrogen-bond acceptors (Lipinski definition) is 13. The Balaban J connectivity index is 1.92. The first kappa shape index (κ1) is 23.0. The van der Waals surface area contributed by atoms with Crippen molar-refractivity contribution in [3.63, 3.8) is 0 Å². The molecule has 182 valence electrons. The molecule has 2 aromatic rings. The highest BCUT2D eigenvalue weighted by Gasteiger charge is 2.55. The van der Waals surface area contributed by atoms with Gasteiger partial charge in [0.1, 0.15) is 17.7 Å². The first-order chi connectivity index (χ1) is 15.8. The fourth-order valence-corrected chi connectivity index (χ4v) is 5.57. The van der Waals surface area contributed by atoms with Crippen LogP contribution in [0.3, 0.4) is 0 Å².